The van der Waals surface area contributed by atoms with Crippen LogP contribution in [-0.4, -0.2) is 39.9 Å². The van der Waals surface area contributed by atoms with Crippen molar-refractivity contribution in [2.45, 2.75) is 49.5 Å². The zero-order valence-electron chi connectivity index (χ0n) is 13.2. The number of hydrogen-bond donors (Lipinski definition) is 0. The minimum atomic E-state index is -0.472. The molecule has 1 aliphatic heterocycles. The summed E-state index contributed by atoms with van der Waals surface area (Å²) in [4.78, 5) is 18.2. The Hall–Kier alpha value is -1.74. The van der Waals surface area contributed by atoms with Crippen LogP contribution in [0.2, 0.25) is 0 Å². The molecule has 5 nitrogen and oxygen atoms in total. The Bertz CT molecular complexity index is 577. The molecule has 2 heterocycles. The summed E-state index contributed by atoms with van der Waals surface area (Å²) in [6, 6.07) is 5.60. The summed E-state index contributed by atoms with van der Waals surface area (Å²) in [5.41, 5.74) is 0.136. The Morgan fingerprint density at radius 3 is 3.00 bits per heavy atom. The number of hydrogen-bond acceptors (Lipinski definition) is 5. The third-order valence-corrected chi connectivity index (χ3v) is 4.36. The average molecular weight is 319 g/mol. The number of pyridine rings is 1. The van der Waals surface area contributed by atoms with Crippen molar-refractivity contribution in [3.63, 3.8) is 0 Å². The van der Waals surface area contributed by atoms with Crippen molar-refractivity contribution in [1.29, 1.82) is 5.26 Å². The van der Waals surface area contributed by atoms with Gasteiger partial charge in [-0.2, -0.15) is 5.26 Å². The van der Waals surface area contributed by atoms with Crippen LogP contribution >= 0.6 is 11.8 Å². The summed E-state index contributed by atoms with van der Waals surface area (Å²) in [7, 11) is 0. The highest BCUT2D eigenvalue weighted by Gasteiger charge is 2.28. The summed E-state index contributed by atoms with van der Waals surface area (Å²) in [5.74, 6) is 0. The lowest BCUT2D eigenvalue weighted by atomic mass is 10.1. The van der Waals surface area contributed by atoms with E-state index < -0.39 is 5.60 Å². The largest absolute Gasteiger partial charge is 0.444 e. The van der Waals surface area contributed by atoms with Crippen molar-refractivity contribution >= 4 is 17.9 Å². The van der Waals surface area contributed by atoms with Gasteiger partial charge >= 0.3 is 6.09 Å². The molecule has 1 aromatic rings. The molecule has 1 aromatic heterocycles. The molecule has 0 N–H and O–H groups in total. The topological polar surface area (TPSA) is 66.2 Å². The van der Waals surface area contributed by atoms with E-state index in [1.54, 1.807) is 35.0 Å². The van der Waals surface area contributed by atoms with Crippen molar-refractivity contribution in [2.75, 3.05) is 13.1 Å². The maximum absolute atomic E-state index is 12.1. The molecule has 1 amide bonds. The first kappa shape index (κ1) is 16.6. The zero-order valence-corrected chi connectivity index (χ0v) is 14.0. The van der Waals surface area contributed by atoms with Crippen LogP contribution in [0.15, 0.2) is 23.4 Å². The number of aromatic nitrogens is 1. The molecule has 0 bridgehead atoms. The summed E-state index contributed by atoms with van der Waals surface area (Å²) in [6.07, 6.45) is 3.38. The van der Waals surface area contributed by atoms with Crippen LogP contribution in [0.5, 0.6) is 0 Å². The average Bonchev–Trinajstić information content (AvgIpc) is 2.46. The molecule has 2 rings (SSSR count). The predicted octanol–water partition coefficient (Wildman–Crippen LogP) is 3.44. The first-order chi connectivity index (χ1) is 10.4. The number of nitrogens with zero attached hydrogens (tertiary/aromatic N) is 3. The van der Waals surface area contributed by atoms with Crippen molar-refractivity contribution in [2.24, 2.45) is 0 Å². The van der Waals surface area contributed by atoms with Crippen LogP contribution in [0, 0.1) is 11.3 Å². The fraction of sp³-hybridized carbons (Fsp3) is 0.562. The molecular weight excluding hydrogens is 298 g/mol. The van der Waals surface area contributed by atoms with Gasteiger partial charge < -0.3 is 9.64 Å². The van der Waals surface area contributed by atoms with E-state index in [-0.39, 0.29) is 11.3 Å². The lowest BCUT2D eigenvalue weighted by Gasteiger charge is -2.33. The quantitative estimate of drug-likeness (QED) is 0.835. The normalized spacial score (nSPS) is 18.6. The van der Waals surface area contributed by atoms with Gasteiger partial charge in [-0.05, 0) is 45.7 Å². The second-order valence-electron chi connectivity index (χ2n) is 6.30. The smallest absolute Gasteiger partial charge is 0.410 e. The summed E-state index contributed by atoms with van der Waals surface area (Å²) in [6.45, 7) is 7.00. The Balaban J connectivity index is 1.96. The van der Waals surface area contributed by atoms with Gasteiger partial charge in [0.2, 0.25) is 0 Å². The molecule has 118 valence electrons. The van der Waals surface area contributed by atoms with Gasteiger partial charge in [0.15, 0.2) is 0 Å². The number of carbonyl (C=O) groups is 1. The molecule has 0 aliphatic carbocycles. The van der Waals surface area contributed by atoms with Gasteiger partial charge in [0.25, 0.3) is 0 Å². The zero-order chi connectivity index (χ0) is 16.2. The lowest BCUT2D eigenvalue weighted by molar-refractivity contribution is 0.0220. The number of rotatable bonds is 2. The van der Waals surface area contributed by atoms with Gasteiger partial charge in [0.05, 0.1) is 16.7 Å². The minimum absolute atomic E-state index is 0.253. The molecule has 1 saturated heterocycles. The van der Waals surface area contributed by atoms with Crippen LogP contribution in [0.3, 0.4) is 0 Å². The van der Waals surface area contributed by atoms with Crippen LogP contribution < -0.4 is 0 Å². The molecule has 0 saturated carbocycles. The van der Waals surface area contributed by atoms with Crippen molar-refractivity contribution in [3.05, 3.63) is 23.9 Å². The van der Waals surface area contributed by atoms with Gasteiger partial charge in [-0.25, -0.2) is 9.78 Å². The maximum atomic E-state index is 12.1. The highest BCUT2D eigenvalue weighted by atomic mass is 32.2. The molecule has 6 heteroatoms. The van der Waals surface area contributed by atoms with Crippen molar-refractivity contribution in [1.82, 2.24) is 9.88 Å². The first-order valence-corrected chi connectivity index (χ1v) is 8.26. The molecule has 22 heavy (non-hydrogen) atoms. The fourth-order valence-corrected chi connectivity index (χ4v) is 3.44. The van der Waals surface area contributed by atoms with E-state index in [0.717, 1.165) is 24.4 Å². The highest BCUT2D eigenvalue weighted by molar-refractivity contribution is 7.99. The Labute approximate surface area is 135 Å². The number of thioether (sulfide) groups is 1. The number of ether oxygens (including phenoxy) is 1. The minimum Gasteiger partial charge on any atom is -0.444 e. The molecule has 1 unspecified atom stereocenters. The van der Waals surface area contributed by atoms with E-state index in [4.69, 9.17) is 10.00 Å². The molecule has 0 aromatic carbocycles. The van der Waals surface area contributed by atoms with E-state index in [2.05, 4.69) is 11.1 Å². The van der Waals surface area contributed by atoms with Crippen LogP contribution in [0.4, 0.5) is 4.79 Å². The Kier molecular flexibility index (Phi) is 5.30. The van der Waals surface area contributed by atoms with Gasteiger partial charge in [0, 0.05) is 24.5 Å². The van der Waals surface area contributed by atoms with E-state index in [1.807, 2.05) is 20.8 Å². The third-order valence-electron chi connectivity index (χ3n) is 3.18. The number of nitriles is 1. The van der Waals surface area contributed by atoms with Crippen molar-refractivity contribution < 1.29 is 9.53 Å². The highest BCUT2D eigenvalue weighted by Crippen LogP contribution is 2.29. The Morgan fingerprint density at radius 1 is 1.55 bits per heavy atom. The number of likely N-dealkylation sites (tertiary alicyclic amines) is 1. The molecule has 0 radical (unpaired) electrons. The van der Waals surface area contributed by atoms with Gasteiger partial charge in [-0.3, -0.25) is 0 Å². The van der Waals surface area contributed by atoms with E-state index in [1.165, 1.54) is 0 Å². The summed E-state index contributed by atoms with van der Waals surface area (Å²) >= 11 is 1.62. The van der Waals surface area contributed by atoms with Gasteiger partial charge in [-0.15, -0.1) is 11.8 Å². The van der Waals surface area contributed by atoms with Crippen molar-refractivity contribution in [3.8, 4) is 6.07 Å². The van der Waals surface area contributed by atoms with Gasteiger partial charge in [0.1, 0.15) is 5.60 Å². The second kappa shape index (κ2) is 7.01. The second-order valence-corrected chi connectivity index (χ2v) is 7.62. The van der Waals surface area contributed by atoms with E-state index >= 15 is 0 Å². The summed E-state index contributed by atoms with van der Waals surface area (Å²) < 4.78 is 5.43. The van der Waals surface area contributed by atoms with Crippen LogP contribution in [0.25, 0.3) is 0 Å². The van der Waals surface area contributed by atoms with E-state index in [0.29, 0.717) is 12.1 Å². The van der Waals surface area contributed by atoms with E-state index in [9.17, 15) is 4.79 Å². The number of carbonyl (C=O) groups excluding carboxylic acids is 1. The SMILES string of the molecule is CC(C)(C)OC(=O)N1CCCC(Sc2cc(C#N)ccn2)C1. The summed E-state index contributed by atoms with van der Waals surface area (Å²) in [5, 5.41) is 10.0. The first-order valence-electron chi connectivity index (χ1n) is 7.38. The lowest BCUT2D eigenvalue weighted by Crippen LogP contribution is -2.43. The number of amides is 1. The monoisotopic (exact) mass is 319 g/mol. The van der Waals surface area contributed by atoms with Crippen LogP contribution in [-0.2, 0) is 4.74 Å². The predicted molar refractivity (Wildman–Crippen MR) is 85.6 cm³/mol. The number of piperidine rings is 1. The molecule has 1 aliphatic rings. The molecular formula is C16H21N3O2S. The van der Waals surface area contributed by atoms with Gasteiger partial charge in [-0.1, -0.05) is 0 Å². The molecule has 1 fully saturated rings. The standard InChI is InChI=1S/C16H21N3O2S/c1-16(2,3)21-15(20)19-8-4-5-13(11-19)22-14-9-12(10-17)6-7-18-14/h6-7,9,13H,4-5,8,11H2,1-3H3. The Morgan fingerprint density at radius 2 is 2.32 bits per heavy atom. The van der Waals surface area contributed by atoms with Crippen LogP contribution in [0.1, 0.15) is 39.2 Å². The fourth-order valence-electron chi connectivity index (χ4n) is 2.24. The molecule has 1 atom stereocenters. The third kappa shape index (κ3) is 4.92. The molecule has 0 spiro atoms. The maximum Gasteiger partial charge on any atom is 0.410 e.